The summed E-state index contributed by atoms with van der Waals surface area (Å²) in [7, 11) is 0. The van der Waals surface area contributed by atoms with Crippen molar-refractivity contribution in [2.45, 2.75) is 70.1 Å². The number of hydrogen-bond donors (Lipinski definition) is 1. The van der Waals surface area contributed by atoms with Crippen LogP contribution in [0.15, 0.2) is 0 Å². The Morgan fingerprint density at radius 3 is 2.75 bits per heavy atom. The Kier molecular flexibility index (Phi) is 5.06. The molecule has 1 saturated carbocycles. The Morgan fingerprint density at radius 1 is 1.40 bits per heavy atom. The number of morpholine rings is 1. The van der Waals surface area contributed by atoms with Crippen molar-refractivity contribution in [3.63, 3.8) is 0 Å². The molecule has 1 unspecified atom stereocenters. The van der Waals surface area contributed by atoms with Crippen molar-refractivity contribution in [2.75, 3.05) is 26.2 Å². The Bertz CT molecular complexity index is 359. The van der Waals surface area contributed by atoms with E-state index in [9.17, 15) is 5.26 Å². The van der Waals surface area contributed by atoms with Crippen molar-refractivity contribution in [1.82, 2.24) is 10.2 Å². The van der Waals surface area contributed by atoms with Gasteiger partial charge in [0.25, 0.3) is 0 Å². The fourth-order valence-corrected chi connectivity index (χ4v) is 2.96. The van der Waals surface area contributed by atoms with E-state index in [0.29, 0.717) is 6.04 Å². The van der Waals surface area contributed by atoms with E-state index in [1.54, 1.807) is 0 Å². The molecule has 2 aliphatic rings. The van der Waals surface area contributed by atoms with E-state index in [1.165, 1.54) is 19.3 Å². The van der Waals surface area contributed by atoms with Gasteiger partial charge in [0.2, 0.25) is 0 Å². The third-order valence-corrected chi connectivity index (χ3v) is 4.25. The monoisotopic (exact) mass is 279 g/mol. The Balaban J connectivity index is 1.64. The molecule has 0 aromatic heterocycles. The van der Waals surface area contributed by atoms with Gasteiger partial charge in [-0.15, -0.1) is 0 Å². The second-order valence-corrected chi connectivity index (χ2v) is 7.20. The van der Waals surface area contributed by atoms with Crippen LogP contribution in [0.1, 0.15) is 52.9 Å². The molecule has 20 heavy (non-hydrogen) atoms. The van der Waals surface area contributed by atoms with Crippen molar-refractivity contribution < 1.29 is 4.74 Å². The summed E-state index contributed by atoms with van der Waals surface area (Å²) in [5.41, 5.74) is -0.335. The minimum atomic E-state index is -0.328. The van der Waals surface area contributed by atoms with Crippen molar-refractivity contribution in [3.8, 4) is 6.07 Å². The maximum atomic E-state index is 9.34. The minimum absolute atomic E-state index is 0.00700. The molecule has 0 bridgehead atoms. The summed E-state index contributed by atoms with van der Waals surface area (Å²) in [5, 5.41) is 12.8. The molecule has 0 radical (unpaired) electrons. The van der Waals surface area contributed by atoms with E-state index >= 15 is 0 Å². The molecule has 1 N–H and O–H groups in total. The standard InChI is InChI=1S/C16H29N3O/c1-15(2)13-19(10-11-20-15)9-5-4-8-16(3,12-17)18-14-6-7-14/h14,18H,4-11,13H2,1-3H3. The van der Waals surface area contributed by atoms with Crippen LogP contribution >= 0.6 is 0 Å². The van der Waals surface area contributed by atoms with Gasteiger partial charge in [-0.3, -0.25) is 10.2 Å². The second-order valence-electron chi connectivity index (χ2n) is 7.20. The van der Waals surface area contributed by atoms with Crippen LogP contribution in [0, 0.1) is 11.3 Å². The highest BCUT2D eigenvalue weighted by atomic mass is 16.5. The first-order chi connectivity index (χ1) is 9.42. The average Bonchev–Trinajstić information content (AvgIpc) is 3.17. The summed E-state index contributed by atoms with van der Waals surface area (Å²) in [4.78, 5) is 2.49. The van der Waals surface area contributed by atoms with Crippen LogP contribution in [-0.4, -0.2) is 48.3 Å². The van der Waals surface area contributed by atoms with Gasteiger partial charge in [-0.25, -0.2) is 0 Å². The molecule has 114 valence electrons. The molecule has 1 aliphatic carbocycles. The molecule has 1 heterocycles. The highest BCUT2D eigenvalue weighted by molar-refractivity contribution is 5.06. The lowest BCUT2D eigenvalue weighted by molar-refractivity contribution is -0.0861. The van der Waals surface area contributed by atoms with Gasteiger partial charge in [-0.05, 0) is 59.4 Å². The smallest absolute Gasteiger partial charge is 0.104 e. The fourth-order valence-electron chi connectivity index (χ4n) is 2.96. The first-order valence-electron chi connectivity index (χ1n) is 7.98. The third kappa shape index (κ3) is 5.05. The Hall–Kier alpha value is -0.630. The van der Waals surface area contributed by atoms with Crippen LogP contribution in [0.2, 0.25) is 0 Å². The lowest BCUT2D eigenvalue weighted by Gasteiger charge is -2.38. The zero-order valence-corrected chi connectivity index (χ0v) is 13.2. The van der Waals surface area contributed by atoms with Gasteiger partial charge in [0.1, 0.15) is 5.54 Å². The Morgan fingerprint density at radius 2 is 2.15 bits per heavy atom. The van der Waals surface area contributed by atoms with Crippen molar-refractivity contribution >= 4 is 0 Å². The molecule has 0 amide bonds. The summed E-state index contributed by atoms with van der Waals surface area (Å²) in [6.45, 7) is 10.4. The van der Waals surface area contributed by atoms with Gasteiger partial charge in [0, 0.05) is 19.1 Å². The van der Waals surface area contributed by atoms with E-state index in [4.69, 9.17) is 4.74 Å². The largest absolute Gasteiger partial charge is 0.373 e. The predicted molar refractivity (Wildman–Crippen MR) is 80.5 cm³/mol. The van der Waals surface area contributed by atoms with E-state index in [-0.39, 0.29) is 11.1 Å². The molecule has 1 aliphatic heterocycles. The van der Waals surface area contributed by atoms with Crippen molar-refractivity contribution in [2.24, 2.45) is 0 Å². The lowest BCUT2D eigenvalue weighted by atomic mass is 9.96. The lowest BCUT2D eigenvalue weighted by Crippen LogP contribution is -2.48. The number of rotatable bonds is 7. The van der Waals surface area contributed by atoms with Gasteiger partial charge in [0.05, 0.1) is 18.3 Å². The van der Waals surface area contributed by atoms with Crippen LogP contribution in [0.5, 0.6) is 0 Å². The molecular weight excluding hydrogens is 250 g/mol. The predicted octanol–water partition coefficient (Wildman–Crippen LogP) is 2.30. The second kappa shape index (κ2) is 6.43. The summed E-state index contributed by atoms with van der Waals surface area (Å²) in [6, 6.07) is 3.05. The van der Waals surface area contributed by atoms with Crippen molar-refractivity contribution in [1.29, 1.82) is 5.26 Å². The first kappa shape index (κ1) is 15.8. The van der Waals surface area contributed by atoms with Gasteiger partial charge in [-0.2, -0.15) is 5.26 Å². The molecule has 1 atom stereocenters. The Labute approximate surface area is 123 Å². The molecule has 2 fully saturated rings. The summed E-state index contributed by atoms with van der Waals surface area (Å²) >= 11 is 0. The molecule has 1 saturated heterocycles. The van der Waals surface area contributed by atoms with Gasteiger partial charge in [-0.1, -0.05) is 0 Å². The maximum absolute atomic E-state index is 9.34. The summed E-state index contributed by atoms with van der Waals surface area (Å²) in [5.74, 6) is 0. The van der Waals surface area contributed by atoms with Gasteiger partial charge < -0.3 is 4.74 Å². The number of hydrogen-bond acceptors (Lipinski definition) is 4. The molecule has 2 rings (SSSR count). The first-order valence-corrected chi connectivity index (χ1v) is 7.98. The van der Waals surface area contributed by atoms with E-state index in [0.717, 1.165) is 39.1 Å². The van der Waals surface area contributed by atoms with Gasteiger partial charge >= 0.3 is 0 Å². The average molecular weight is 279 g/mol. The molecule has 0 aromatic rings. The highest BCUT2D eigenvalue weighted by Gasteiger charge is 2.32. The number of ether oxygens (including phenoxy) is 1. The van der Waals surface area contributed by atoms with Crippen LogP contribution in [0.25, 0.3) is 0 Å². The van der Waals surface area contributed by atoms with Crippen LogP contribution < -0.4 is 5.32 Å². The normalized spacial score (nSPS) is 25.9. The topological polar surface area (TPSA) is 48.3 Å². The molecular formula is C16H29N3O. The van der Waals surface area contributed by atoms with E-state index in [1.807, 2.05) is 6.92 Å². The number of nitriles is 1. The fraction of sp³-hybridized carbons (Fsp3) is 0.938. The summed E-state index contributed by atoms with van der Waals surface area (Å²) in [6.07, 6.45) is 5.70. The molecule has 0 aromatic carbocycles. The molecule has 0 spiro atoms. The third-order valence-electron chi connectivity index (χ3n) is 4.25. The SMILES string of the molecule is CC(C#N)(CCCCN1CCOC(C)(C)C1)NC1CC1. The van der Waals surface area contributed by atoms with Gasteiger partial charge in [0.15, 0.2) is 0 Å². The number of nitrogens with zero attached hydrogens (tertiary/aromatic N) is 2. The van der Waals surface area contributed by atoms with E-state index < -0.39 is 0 Å². The molecule has 4 nitrogen and oxygen atoms in total. The zero-order valence-electron chi connectivity index (χ0n) is 13.2. The van der Waals surface area contributed by atoms with Crippen LogP contribution in [-0.2, 0) is 4.74 Å². The highest BCUT2D eigenvalue weighted by Crippen LogP contribution is 2.25. The molecule has 4 heteroatoms. The number of unbranched alkanes of at least 4 members (excludes halogenated alkanes) is 1. The summed E-state index contributed by atoms with van der Waals surface area (Å²) < 4.78 is 5.73. The van der Waals surface area contributed by atoms with Crippen LogP contribution in [0.3, 0.4) is 0 Å². The van der Waals surface area contributed by atoms with E-state index in [2.05, 4.69) is 30.1 Å². The maximum Gasteiger partial charge on any atom is 0.104 e. The van der Waals surface area contributed by atoms with Crippen LogP contribution in [0.4, 0.5) is 0 Å². The zero-order chi connectivity index (χ0) is 14.6. The van der Waals surface area contributed by atoms with Crippen molar-refractivity contribution in [3.05, 3.63) is 0 Å². The quantitative estimate of drug-likeness (QED) is 0.727. The number of nitrogens with one attached hydrogen (secondary N) is 1. The minimum Gasteiger partial charge on any atom is -0.373 e.